The SMILES string of the molecule is CC(=O)C1C2CC2CN1C.CN1C2CCC(C2)C1C(=O)O. The zero-order chi connectivity index (χ0) is 15.3. The molecule has 4 fully saturated rings. The van der Waals surface area contributed by atoms with Crippen molar-refractivity contribution in [1.29, 1.82) is 0 Å². The lowest BCUT2D eigenvalue weighted by Crippen LogP contribution is -2.42. The van der Waals surface area contributed by atoms with Crippen molar-refractivity contribution in [3.8, 4) is 0 Å². The molecule has 0 amide bonds. The summed E-state index contributed by atoms with van der Waals surface area (Å²) in [4.78, 5) is 26.0. The van der Waals surface area contributed by atoms with E-state index in [4.69, 9.17) is 5.11 Å². The number of likely N-dealkylation sites (N-methyl/N-ethyl adjacent to an activating group) is 2. The van der Waals surface area contributed by atoms with E-state index in [0.717, 1.165) is 31.2 Å². The van der Waals surface area contributed by atoms with E-state index in [9.17, 15) is 9.59 Å². The molecule has 0 radical (unpaired) electrons. The molecule has 5 heteroatoms. The van der Waals surface area contributed by atoms with E-state index in [1.165, 1.54) is 12.8 Å². The highest BCUT2D eigenvalue weighted by Crippen LogP contribution is 2.48. The van der Waals surface area contributed by atoms with E-state index in [1.54, 1.807) is 6.92 Å². The second-order valence-electron chi connectivity index (χ2n) is 7.33. The summed E-state index contributed by atoms with van der Waals surface area (Å²) in [5, 5.41) is 8.86. The summed E-state index contributed by atoms with van der Waals surface area (Å²) < 4.78 is 0. The average Bonchev–Trinajstić information content (AvgIpc) is 2.76. The van der Waals surface area contributed by atoms with Gasteiger partial charge in [-0.3, -0.25) is 19.4 Å². The molecule has 5 nitrogen and oxygen atoms in total. The van der Waals surface area contributed by atoms with Crippen molar-refractivity contribution >= 4 is 11.8 Å². The highest BCUT2D eigenvalue weighted by molar-refractivity contribution is 5.82. The van der Waals surface area contributed by atoms with Crippen molar-refractivity contribution in [2.75, 3.05) is 20.6 Å². The molecule has 0 aromatic heterocycles. The van der Waals surface area contributed by atoms with Gasteiger partial charge in [0.15, 0.2) is 0 Å². The van der Waals surface area contributed by atoms with Crippen LogP contribution in [0.3, 0.4) is 0 Å². The monoisotopic (exact) mass is 294 g/mol. The number of aliphatic carboxylic acids is 1. The molecular weight excluding hydrogens is 268 g/mol. The number of hydrogen-bond donors (Lipinski definition) is 1. The third-order valence-corrected chi connectivity index (χ3v) is 5.96. The summed E-state index contributed by atoms with van der Waals surface area (Å²) in [5.41, 5.74) is 0. The van der Waals surface area contributed by atoms with Crippen molar-refractivity contribution < 1.29 is 14.7 Å². The largest absolute Gasteiger partial charge is 0.480 e. The van der Waals surface area contributed by atoms with E-state index in [2.05, 4.69) is 11.9 Å². The molecule has 4 aliphatic rings. The second-order valence-corrected chi connectivity index (χ2v) is 7.33. The maximum Gasteiger partial charge on any atom is 0.321 e. The third kappa shape index (κ3) is 2.61. The zero-order valence-electron chi connectivity index (χ0n) is 13.2. The fourth-order valence-electron chi connectivity index (χ4n) is 4.87. The second kappa shape index (κ2) is 5.36. The van der Waals surface area contributed by atoms with Crippen LogP contribution in [0.5, 0.6) is 0 Å². The average molecular weight is 294 g/mol. The summed E-state index contributed by atoms with van der Waals surface area (Å²) in [5.74, 6) is 1.73. The van der Waals surface area contributed by atoms with Crippen molar-refractivity contribution in [1.82, 2.24) is 9.80 Å². The quantitative estimate of drug-likeness (QED) is 0.826. The minimum Gasteiger partial charge on any atom is -0.480 e. The fourth-order valence-corrected chi connectivity index (χ4v) is 4.87. The van der Waals surface area contributed by atoms with Gasteiger partial charge in [0.05, 0.1) is 6.04 Å². The normalized spacial score (nSPS) is 44.1. The van der Waals surface area contributed by atoms with Crippen molar-refractivity contribution in [3.05, 3.63) is 0 Å². The van der Waals surface area contributed by atoms with Crippen LogP contribution in [-0.4, -0.2) is 65.4 Å². The van der Waals surface area contributed by atoms with Crippen LogP contribution in [0.25, 0.3) is 0 Å². The van der Waals surface area contributed by atoms with Crippen molar-refractivity contribution in [2.45, 2.75) is 50.7 Å². The number of piperidine rings is 2. The lowest BCUT2D eigenvalue weighted by Gasteiger charge is -2.28. The molecule has 0 spiro atoms. The van der Waals surface area contributed by atoms with Gasteiger partial charge >= 0.3 is 5.97 Å². The van der Waals surface area contributed by atoms with Gasteiger partial charge in [0.2, 0.25) is 0 Å². The molecule has 1 N–H and O–H groups in total. The number of fused-ring (bicyclic) bond motifs is 3. The van der Waals surface area contributed by atoms with Crippen LogP contribution < -0.4 is 0 Å². The molecule has 2 saturated heterocycles. The molecule has 2 heterocycles. The number of carbonyl (C=O) groups excluding carboxylic acids is 1. The van der Waals surface area contributed by atoms with E-state index in [0.29, 0.717) is 17.7 Å². The Morgan fingerprint density at radius 1 is 1.05 bits per heavy atom. The Hall–Kier alpha value is -0.940. The number of carboxylic acids is 1. The van der Waals surface area contributed by atoms with E-state index < -0.39 is 5.97 Å². The van der Waals surface area contributed by atoms with Gasteiger partial charge < -0.3 is 5.11 Å². The van der Waals surface area contributed by atoms with Gasteiger partial charge in [-0.1, -0.05) is 0 Å². The molecule has 4 rings (SSSR count). The van der Waals surface area contributed by atoms with E-state index >= 15 is 0 Å². The lowest BCUT2D eigenvalue weighted by atomic mass is 9.99. The zero-order valence-corrected chi connectivity index (χ0v) is 13.2. The van der Waals surface area contributed by atoms with Crippen LogP contribution in [0.15, 0.2) is 0 Å². The predicted octanol–water partition coefficient (Wildman–Crippen LogP) is 1.08. The van der Waals surface area contributed by atoms with Gasteiger partial charge in [0, 0.05) is 12.6 Å². The van der Waals surface area contributed by atoms with Crippen molar-refractivity contribution in [3.63, 3.8) is 0 Å². The first-order valence-electron chi connectivity index (χ1n) is 8.05. The Kier molecular flexibility index (Phi) is 3.82. The molecule has 2 aliphatic carbocycles. The summed E-state index contributed by atoms with van der Waals surface area (Å²) in [6.45, 7) is 2.86. The van der Waals surface area contributed by atoms with Gasteiger partial charge in [-0.15, -0.1) is 0 Å². The number of Topliss-reactive ketones (excluding diaryl/α,β-unsaturated/α-hetero) is 1. The molecule has 0 aromatic carbocycles. The number of ketones is 1. The molecule has 21 heavy (non-hydrogen) atoms. The van der Waals surface area contributed by atoms with Gasteiger partial charge in [-0.05, 0) is 64.5 Å². The Morgan fingerprint density at radius 2 is 1.76 bits per heavy atom. The molecule has 0 aromatic rings. The maximum absolute atomic E-state index is 11.1. The first-order valence-corrected chi connectivity index (χ1v) is 8.05. The summed E-state index contributed by atoms with van der Waals surface area (Å²) in [7, 11) is 3.99. The van der Waals surface area contributed by atoms with Crippen molar-refractivity contribution in [2.24, 2.45) is 17.8 Å². The number of carboxylic acid groups (broad SMARTS) is 1. The highest BCUT2D eigenvalue weighted by Gasteiger charge is 2.52. The van der Waals surface area contributed by atoms with Crippen LogP contribution in [0, 0.1) is 17.8 Å². The molecule has 118 valence electrons. The molecule has 2 saturated carbocycles. The Labute approximate surface area is 126 Å². The smallest absolute Gasteiger partial charge is 0.321 e. The number of likely N-dealkylation sites (tertiary alicyclic amines) is 2. The maximum atomic E-state index is 11.1. The number of hydrogen-bond acceptors (Lipinski definition) is 4. The van der Waals surface area contributed by atoms with Crippen LogP contribution in [0.2, 0.25) is 0 Å². The minimum atomic E-state index is -0.639. The molecule has 2 aliphatic heterocycles. The summed E-state index contributed by atoms with van der Waals surface area (Å²) in [6.07, 6.45) is 4.72. The fraction of sp³-hybridized carbons (Fsp3) is 0.875. The van der Waals surface area contributed by atoms with E-state index in [-0.39, 0.29) is 12.1 Å². The van der Waals surface area contributed by atoms with Crippen LogP contribution in [0.4, 0.5) is 0 Å². The third-order valence-electron chi connectivity index (χ3n) is 5.96. The van der Waals surface area contributed by atoms with Crippen LogP contribution in [-0.2, 0) is 9.59 Å². The molecule has 6 atom stereocenters. The summed E-state index contributed by atoms with van der Waals surface area (Å²) in [6, 6.07) is 0.639. The first kappa shape index (κ1) is 15.0. The predicted molar refractivity (Wildman–Crippen MR) is 79.0 cm³/mol. The molecule has 6 unspecified atom stereocenters. The van der Waals surface area contributed by atoms with Crippen LogP contribution in [0.1, 0.15) is 32.6 Å². The highest BCUT2D eigenvalue weighted by atomic mass is 16.4. The lowest BCUT2D eigenvalue weighted by molar-refractivity contribution is -0.144. The minimum absolute atomic E-state index is 0.186. The standard InChI is InChI=1S/C8H13NO2.C8H13NO/c1-9-6-3-2-5(4-6)7(9)8(10)11;1-5(10)8-7-3-6(7)4-9(8)2/h5-7H,2-4H2,1H3,(H,10,11);6-8H,3-4H2,1-2H3. The first-order chi connectivity index (χ1) is 9.90. The van der Waals surface area contributed by atoms with Gasteiger partial charge in [-0.2, -0.15) is 0 Å². The van der Waals surface area contributed by atoms with E-state index in [1.807, 2.05) is 11.9 Å². The summed E-state index contributed by atoms with van der Waals surface area (Å²) >= 11 is 0. The van der Waals surface area contributed by atoms with Crippen LogP contribution >= 0.6 is 0 Å². The van der Waals surface area contributed by atoms with Gasteiger partial charge in [0.25, 0.3) is 0 Å². The Balaban J connectivity index is 0.000000126. The van der Waals surface area contributed by atoms with Gasteiger partial charge in [-0.25, -0.2) is 0 Å². The Morgan fingerprint density at radius 3 is 2.10 bits per heavy atom. The molecule has 2 bridgehead atoms. The Bertz CT molecular complexity index is 449. The molecular formula is C16H26N2O3. The number of nitrogens with zero attached hydrogens (tertiary/aromatic N) is 2. The number of carbonyl (C=O) groups is 2. The van der Waals surface area contributed by atoms with Gasteiger partial charge in [0.1, 0.15) is 11.8 Å². The number of rotatable bonds is 2. The topological polar surface area (TPSA) is 60.9 Å².